The number of phenols is 1. The molecule has 0 saturated carbocycles. The minimum atomic E-state index is 0.145. The molecule has 2 N–H and O–H groups in total. The van der Waals surface area contributed by atoms with E-state index in [1.54, 1.807) is 7.11 Å². The van der Waals surface area contributed by atoms with E-state index >= 15 is 0 Å². The van der Waals surface area contributed by atoms with E-state index < -0.39 is 0 Å². The number of ether oxygens (including phenoxy) is 1. The Morgan fingerprint density at radius 1 is 1.11 bits per heavy atom. The standard InChI is InChI=1S/C24H24ClNO2/c1-28-21-15-17-13-14-26-20(12-11-16-7-3-2-4-8-16)22(17)23(24(21)27)18-9-5-6-10-19(18)25/h2-10,15,20,26-27H,11-14H2,1H3. The molecule has 3 nitrogen and oxygen atoms in total. The average molecular weight is 394 g/mol. The van der Waals surface area contributed by atoms with Crippen molar-refractivity contribution in [3.05, 3.63) is 82.4 Å². The number of phenolic OH excluding ortho intramolecular Hbond substituents is 1. The lowest BCUT2D eigenvalue weighted by Gasteiger charge is -2.31. The molecule has 0 fully saturated rings. The molecule has 4 rings (SSSR count). The fourth-order valence-electron chi connectivity index (χ4n) is 4.10. The van der Waals surface area contributed by atoms with Crippen LogP contribution in [0.3, 0.4) is 0 Å². The largest absolute Gasteiger partial charge is 0.504 e. The second-order valence-corrected chi connectivity index (χ2v) is 7.54. The van der Waals surface area contributed by atoms with E-state index in [4.69, 9.17) is 16.3 Å². The van der Waals surface area contributed by atoms with Gasteiger partial charge in [0.15, 0.2) is 11.5 Å². The van der Waals surface area contributed by atoms with Gasteiger partial charge in [0.2, 0.25) is 0 Å². The summed E-state index contributed by atoms with van der Waals surface area (Å²) in [4.78, 5) is 0. The summed E-state index contributed by atoms with van der Waals surface area (Å²) >= 11 is 6.52. The molecule has 1 heterocycles. The first-order chi connectivity index (χ1) is 13.7. The van der Waals surface area contributed by atoms with E-state index in [0.717, 1.165) is 42.5 Å². The maximum absolute atomic E-state index is 11.0. The highest BCUT2D eigenvalue weighted by atomic mass is 35.5. The van der Waals surface area contributed by atoms with Crippen molar-refractivity contribution in [2.24, 2.45) is 0 Å². The first-order valence-corrected chi connectivity index (χ1v) is 10.0. The maximum atomic E-state index is 11.0. The van der Waals surface area contributed by atoms with Crippen molar-refractivity contribution in [3.8, 4) is 22.6 Å². The lowest BCUT2D eigenvalue weighted by molar-refractivity contribution is 0.371. The second-order valence-electron chi connectivity index (χ2n) is 7.14. The molecule has 3 aromatic carbocycles. The number of aryl methyl sites for hydroxylation is 1. The van der Waals surface area contributed by atoms with Gasteiger partial charge in [-0.2, -0.15) is 0 Å². The van der Waals surface area contributed by atoms with Crippen molar-refractivity contribution in [3.63, 3.8) is 0 Å². The summed E-state index contributed by atoms with van der Waals surface area (Å²) in [6.07, 6.45) is 2.80. The van der Waals surface area contributed by atoms with Crippen LogP contribution in [0.4, 0.5) is 0 Å². The first-order valence-electron chi connectivity index (χ1n) is 9.64. The molecule has 1 aliphatic rings. The van der Waals surface area contributed by atoms with E-state index in [-0.39, 0.29) is 11.8 Å². The van der Waals surface area contributed by atoms with Gasteiger partial charge in [-0.1, -0.05) is 60.1 Å². The van der Waals surface area contributed by atoms with Crippen LogP contribution in [0.1, 0.15) is 29.2 Å². The van der Waals surface area contributed by atoms with Crippen molar-refractivity contribution in [1.82, 2.24) is 5.32 Å². The summed E-state index contributed by atoms with van der Waals surface area (Å²) < 4.78 is 5.46. The fraction of sp³-hybridized carbons (Fsp3) is 0.250. The summed E-state index contributed by atoms with van der Waals surface area (Å²) in [5, 5.41) is 15.3. The smallest absolute Gasteiger partial charge is 0.166 e. The van der Waals surface area contributed by atoms with Crippen molar-refractivity contribution < 1.29 is 9.84 Å². The van der Waals surface area contributed by atoms with Crippen LogP contribution in [0.5, 0.6) is 11.5 Å². The predicted octanol–water partition coefficient (Wildman–Crippen LogP) is 5.54. The van der Waals surface area contributed by atoms with Gasteiger partial charge in [-0.15, -0.1) is 0 Å². The topological polar surface area (TPSA) is 41.5 Å². The van der Waals surface area contributed by atoms with Crippen LogP contribution < -0.4 is 10.1 Å². The molecule has 28 heavy (non-hydrogen) atoms. The Hall–Kier alpha value is -2.49. The normalized spacial score (nSPS) is 15.9. The fourth-order valence-corrected chi connectivity index (χ4v) is 4.33. The molecule has 0 bridgehead atoms. The molecule has 0 amide bonds. The van der Waals surface area contributed by atoms with Crippen molar-refractivity contribution >= 4 is 11.6 Å². The highest BCUT2D eigenvalue weighted by molar-refractivity contribution is 6.33. The Balaban J connectivity index is 1.80. The Morgan fingerprint density at radius 3 is 2.61 bits per heavy atom. The van der Waals surface area contributed by atoms with Gasteiger partial charge in [0, 0.05) is 22.2 Å². The minimum Gasteiger partial charge on any atom is -0.504 e. The number of nitrogens with one attached hydrogen (secondary N) is 1. The Labute approximate surface area is 170 Å². The third kappa shape index (κ3) is 3.60. The SMILES string of the molecule is COc1cc2c(c(-c3ccccc3Cl)c1O)C(CCc1ccccc1)NCC2. The van der Waals surface area contributed by atoms with Gasteiger partial charge >= 0.3 is 0 Å². The van der Waals surface area contributed by atoms with Crippen molar-refractivity contribution in [2.75, 3.05) is 13.7 Å². The van der Waals surface area contributed by atoms with Crippen LogP contribution in [-0.4, -0.2) is 18.8 Å². The zero-order valence-corrected chi connectivity index (χ0v) is 16.7. The maximum Gasteiger partial charge on any atom is 0.166 e. The van der Waals surface area contributed by atoms with Crippen LogP contribution in [0.2, 0.25) is 5.02 Å². The quantitative estimate of drug-likeness (QED) is 0.597. The van der Waals surface area contributed by atoms with Crippen LogP contribution in [0.25, 0.3) is 11.1 Å². The molecule has 0 aliphatic carbocycles. The zero-order valence-electron chi connectivity index (χ0n) is 15.9. The summed E-state index contributed by atoms with van der Waals surface area (Å²) in [5.74, 6) is 0.653. The molecule has 0 saturated heterocycles. The second kappa shape index (κ2) is 8.26. The summed E-state index contributed by atoms with van der Waals surface area (Å²) in [7, 11) is 1.59. The lowest BCUT2D eigenvalue weighted by Crippen LogP contribution is -2.31. The number of rotatable bonds is 5. The number of hydrogen-bond acceptors (Lipinski definition) is 3. The number of benzene rings is 3. The molecular weight excluding hydrogens is 370 g/mol. The third-order valence-corrected chi connectivity index (χ3v) is 5.78. The highest BCUT2D eigenvalue weighted by Gasteiger charge is 2.28. The van der Waals surface area contributed by atoms with Crippen molar-refractivity contribution in [1.29, 1.82) is 0 Å². The van der Waals surface area contributed by atoms with Gasteiger partial charge in [-0.25, -0.2) is 0 Å². The molecule has 4 heteroatoms. The van der Waals surface area contributed by atoms with Gasteiger partial charge in [-0.05, 0) is 54.6 Å². The van der Waals surface area contributed by atoms with Crippen molar-refractivity contribution in [2.45, 2.75) is 25.3 Å². The molecule has 0 spiro atoms. The van der Waals surface area contributed by atoms with Gasteiger partial charge in [0.05, 0.1) is 7.11 Å². The van der Waals surface area contributed by atoms with E-state index in [9.17, 15) is 5.11 Å². The first kappa shape index (κ1) is 18.9. The van der Waals surface area contributed by atoms with Crippen LogP contribution in [0, 0.1) is 0 Å². The molecule has 144 valence electrons. The number of fused-ring (bicyclic) bond motifs is 1. The Kier molecular flexibility index (Phi) is 5.56. The number of hydrogen-bond donors (Lipinski definition) is 2. The highest BCUT2D eigenvalue weighted by Crippen LogP contribution is 2.47. The van der Waals surface area contributed by atoms with E-state index in [0.29, 0.717) is 10.8 Å². The Bertz CT molecular complexity index is 972. The van der Waals surface area contributed by atoms with Gasteiger partial charge in [-0.3, -0.25) is 0 Å². The third-order valence-electron chi connectivity index (χ3n) is 5.45. The summed E-state index contributed by atoms with van der Waals surface area (Å²) in [6.45, 7) is 0.905. The van der Waals surface area contributed by atoms with Crippen LogP contribution >= 0.6 is 11.6 Å². The Morgan fingerprint density at radius 2 is 1.86 bits per heavy atom. The van der Waals surface area contributed by atoms with Gasteiger partial charge in [0.1, 0.15) is 0 Å². The molecule has 1 unspecified atom stereocenters. The van der Waals surface area contributed by atoms with Gasteiger partial charge in [0.25, 0.3) is 0 Å². The number of aromatic hydroxyl groups is 1. The monoisotopic (exact) mass is 393 g/mol. The zero-order chi connectivity index (χ0) is 19.5. The summed E-state index contributed by atoms with van der Waals surface area (Å²) in [5.41, 5.74) is 5.28. The predicted molar refractivity (Wildman–Crippen MR) is 114 cm³/mol. The summed E-state index contributed by atoms with van der Waals surface area (Å²) in [6, 6.07) is 20.3. The minimum absolute atomic E-state index is 0.145. The van der Waals surface area contributed by atoms with E-state index in [1.165, 1.54) is 11.1 Å². The molecular formula is C24H24ClNO2. The van der Waals surface area contributed by atoms with Crippen LogP contribution in [0.15, 0.2) is 60.7 Å². The molecule has 0 aromatic heterocycles. The van der Waals surface area contributed by atoms with E-state index in [1.807, 2.05) is 36.4 Å². The number of methoxy groups -OCH3 is 1. The lowest BCUT2D eigenvalue weighted by atomic mass is 9.84. The molecule has 1 aliphatic heterocycles. The molecule has 0 radical (unpaired) electrons. The van der Waals surface area contributed by atoms with Gasteiger partial charge < -0.3 is 15.2 Å². The van der Waals surface area contributed by atoms with Crippen LogP contribution in [-0.2, 0) is 12.8 Å². The average Bonchev–Trinajstić information content (AvgIpc) is 2.73. The van der Waals surface area contributed by atoms with E-state index in [2.05, 4.69) is 29.6 Å². The number of halogens is 1. The molecule has 3 aromatic rings. The molecule has 1 atom stereocenters.